The van der Waals surface area contributed by atoms with Crippen LogP contribution < -0.4 is 10.6 Å². The largest absolute Gasteiger partial charge is 0.335 e. The highest BCUT2D eigenvalue weighted by Crippen LogP contribution is 2.35. The van der Waals surface area contributed by atoms with Gasteiger partial charge in [-0.25, -0.2) is 4.79 Å². The lowest BCUT2D eigenvalue weighted by molar-refractivity contribution is 0.00233. The zero-order chi connectivity index (χ0) is 16.4. The topological polar surface area (TPSA) is 44.4 Å². The molecule has 2 saturated heterocycles. The molecule has 0 saturated carbocycles. The van der Waals surface area contributed by atoms with E-state index in [9.17, 15) is 4.79 Å². The monoisotopic (exact) mass is 315 g/mol. The summed E-state index contributed by atoms with van der Waals surface area (Å²) in [6.45, 7) is 6.62. The van der Waals surface area contributed by atoms with Gasteiger partial charge in [0.05, 0.1) is 0 Å². The number of aryl methyl sites for hydroxylation is 1. The average Bonchev–Trinajstić information content (AvgIpc) is 2.45. The number of hydrogen-bond acceptors (Lipinski definition) is 2. The zero-order valence-electron chi connectivity index (χ0n) is 14.5. The molecule has 2 aliphatic rings. The van der Waals surface area contributed by atoms with E-state index >= 15 is 0 Å². The summed E-state index contributed by atoms with van der Waals surface area (Å²) in [5.74, 6) is 0. The van der Waals surface area contributed by atoms with Crippen LogP contribution in [0.5, 0.6) is 0 Å². The van der Waals surface area contributed by atoms with Gasteiger partial charge in [-0.1, -0.05) is 18.6 Å². The van der Waals surface area contributed by atoms with E-state index in [0.717, 1.165) is 24.1 Å². The quantitative estimate of drug-likeness (QED) is 0.888. The summed E-state index contributed by atoms with van der Waals surface area (Å²) >= 11 is 0. The Morgan fingerprint density at radius 2 is 1.91 bits per heavy atom. The molecule has 4 heteroatoms. The predicted molar refractivity (Wildman–Crippen MR) is 94.8 cm³/mol. The summed E-state index contributed by atoms with van der Waals surface area (Å²) in [5.41, 5.74) is 2.02. The van der Waals surface area contributed by atoms with Gasteiger partial charge in [-0.05, 0) is 64.2 Å². The molecule has 0 aliphatic carbocycles. The van der Waals surface area contributed by atoms with Crippen molar-refractivity contribution in [2.75, 3.05) is 5.32 Å². The standard InChI is InChI=1S/C19H29N3O/c1-13(2)22-17-8-5-9-18(22)12-16(11-17)21-19(23)20-15-7-4-6-14(3)10-15/h4,6-7,10,13,16-18H,5,8-9,11-12H2,1-3H3,(H2,20,21,23). The summed E-state index contributed by atoms with van der Waals surface area (Å²) in [5, 5.41) is 6.16. The first kappa shape index (κ1) is 16.3. The van der Waals surface area contributed by atoms with Crippen LogP contribution in [0.25, 0.3) is 0 Å². The van der Waals surface area contributed by atoms with Crippen molar-refractivity contribution in [3.05, 3.63) is 29.8 Å². The third kappa shape index (κ3) is 3.86. The van der Waals surface area contributed by atoms with Gasteiger partial charge in [0.2, 0.25) is 0 Å². The number of urea groups is 1. The molecule has 2 heterocycles. The molecule has 23 heavy (non-hydrogen) atoms. The minimum atomic E-state index is -0.0725. The van der Waals surface area contributed by atoms with Crippen molar-refractivity contribution >= 4 is 11.7 Å². The molecule has 2 bridgehead atoms. The highest BCUT2D eigenvalue weighted by atomic mass is 16.2. The van der Waals surface area contributed by atoms with Crippen molar-refractivity contribution in [3.63, 3.8) is 0 Å². The SMILES string of the molecule is Cc1cccc(NC(=O)NC2CC3CCCC(C2)N3C(C)C)c1. The smallest absolute Gasteiger partial charge is 0.319 e. The lowest BCUT2D eigenvalue weighted by Gasteiger charge is -2.51. The maximum Gasteiger partial charge on any atom is 0.319 e. The van der Waals surface area contributed by atoms with Crippen molar-refractivity contribution in [2.45, 2.75) is 77.0 Å². The lowest BCUT2D eigenvalue weighted by Crippen LogP contribution is -2.59. The summed E-state index contributed by atoms with van der Waals surface area (Å²) in [4.78, 5) is 15.0. The number of carbonyl (C=O) groups is 1. The summed E-state index contributed by atoms with van der Waals surface area (Å²) in [6.07, 6.45) is 6.03. The van der Waals surface area contributed by atoms with Gasteiger partial charge >= 0.3 is 6.03 Å². The van der Waals surface area contributed by atoms with Gasteiger partial charge in [0.25, 0.3) is 0 Å². The second-order valence-corrected chi connectivity index (χ2v) is 7.42. The maximum absolute atomic E-state index is 12.3. The summed E-state index contributed by atoms with van der Waals surface area (Å²) in [7, 11) is 0. The fraction of sp³-hybridized carbons (Fsp3) is 0.632. The van der Waals surface area contributed by atoms with Crippen LogP contribution in [0, 0.1) is 6.92 Å². The van der Waals surface area contributed by atoms with Gasteiger partial charge in [-0.15, -0.1) is 0 Å². The van der Waals surface area contributed by atoms with E-state index in [1.54, 1.807) is 0 Å². The number of nitrogens with zero attached hydrogens (tertiary/aromatic N) is 1. The van der Waals surface area contributed by atoms with E-state index < -0.39 is 0 Å². The first-order valence-corrected chi connectivity index (χ1v) is 8.94. The molecule has 2 fully saturated rings. The Bertz CT molecular complexity index is 543. The van der Waals surface area contributed by atoms with Crippen molar-refractivity contribution in [2.24, 2.45) is 0 Å². The van der Waals surface area contributed by atoms with Crippen LogP contribution >= 0.6 is 0 Å². The van der Waals surface area contributed by atoms with Crippen LogP contribution in [0.2, 0.25) is 0 Å². The summed E-state index contributed by atoms with van der Waals surface area (Å²) in [6, 6.07) is 10.0. The van der Waals surface area contributed by atoms with Crippen molar-refractivity contribution < 1.29 is 4.79 Å². The molecule has 0 aromatic heterocycles. The highest BCUT2D eigenvalue weighted by Gasteiger charge is 2.39. The first-order valence-electron chi connectivity index (χ1n) is 8.94. The first-order chi connectivity index (χ1) is 11.0. The molecule has 4 nitrogen and oxygen atoms in total. The highest BCUT2D eigenvalue weighted by molar-refractivity contribution is 5.89. The minimum Gasteiger partial charge on any atom is -0.335 e. The minimum absolute atomic E-state index is 0.0725. The molecule has 3 rings (SSSR count). The van der Waals surface area contributed by atoms with Gasteiger partial charge in [0.1, 0.15) is 0 Å². The number of hydrogen-bond donors (Lipinski definition) is 2. The Labute approximate surface area is 139 Å². The Kier molecular flexibility index (Phi) is 4.90. The van der Waals surface area contributed by atoms with Gasteiger partial charge in [-0.3, -0.25) is 4.90 Å². The Morgan fingerprint density at radius 3 is 2.52 bits per heavy atom. The van der Waals surface area contributed by atoms with Crippen molar-refractivity contribution in [1.82, 2.24) is 10.2 Å². The molecular weight excluding hydrogens is 286 g/mol. The molecule has 2 unspecified atom stereocenters. The average molecular weight is 315 g/mol. The lowest BCUT2D eigenvalue weighted by atomic mass is 9.81. The number of carbonyl (C=O) groups excluding carboxylic acids is 1. The zero-order valence-corrected chi connectivity index (χ0v) is 14.5. The van der Waals surface area contributed by atoms with Crippen LogP contribution in [-0.4, -0.2) is 35.1 Å². The molecule has 2 atom stereocenters. The van der Waals surface area contributed by atoms with Gasteiger partial charge in [0, 0.05) is 29.9 Å². The third-order valence-corrected chi connectivity index (χ3v) is 5.24. The Morgan fingerprint density at radius 1 is 1.22 bits per heavy atom. The van der Waals surface area contributed by atoms with Crippen LogP contribution in [0.1, 0.15) is 51.5 Å². The number of piperidine rings is 2. The fourth-order valence-corrected chi connectivity index (χ4v) is 4.45. The van der Waals surface area contributed by atoms with E-state index in [1.165, 1.54) is 19.3 Å². The van der Waals surface area contributed by atoms with E-state index in [1.807, 2.05) is 31.2 Å². The van der Waals surface area contributed by atoms with Crippen LogP contribution in [0.4, 0.5) is 10.5 Å². The van der Waals surface area contributed by atoms with Gasteiger partial charge < -0.3 is 10.6 Å². The molecule has 2 aliphatic heterocycles. The molecular formula is C19H29N3O. The molecule has 0 radical (unpaired) electrons. The molecule has 2 N–H and O–H groups in total. The van der Waals surface area contributed by atoms with Gasteiger partial charge in [-0.2, -0.15) is 0 Å². The van der Waals surface area contributed by atoms with Gasteiger partial charge in [0.15, 0.2) is 0 Å². The van der Waals surface area contributed by atoms with Crippen molar-refractivity contribution in [1.29, 1.82) is 0 Å². The molecule has 0 spiro atoms. The number of nitrogens with one attached hydrogen (secondary N) is 2. The van der Waals surface area contributed by atoms with E-state index in [-0.39, 0.29) is 6.03 Å². The van der Waals surface area contributed by atoms with E-state index in [0.29, 0.717) is 24.2 Å². The maximum atomic E-state index is 12.3. The number of rotatable bonds is 3. The fourth-order valence-electron chi connectivity index (χ4n) is 4.45. The predicted octanol–water partition coefficient (Wildman–Crippen LogP) is 3.91. The second kappa shape index (κ2) is 6.91. The number of anilines is 1. The third-order valence-electron chi connectivity index (χ3n) is 5.24. The van der Waals surface area contributed by atoms with Crippen LogP contribution in [0.3, 0.4) is 0 Å². The number of amides is 2. The number of benzene rings is 1. The van der Waals surface area contributed by atoms with E-state index in [2.05, 4.69) is 29.4 Å². The van der Waals surface area contributed by atoms with Crippen molar-refractivity contribution in [3.8, 4) is 0 Å². The second-order valence-electron chi connectivity index (χ2n) is 7.42. The summed E-state index contributed by atoms with van der Waals surface area (Å²) < 4.78 is 0. The molecule has 1 aromatic carbocycles. The normalized spacial score (nSPS) is 27.7. The van der Waals surface area contributed by atoms with Crippen LogP contribution in [0.15, 0.2) is 24.3 Å². The molecule has 1 aromatic rings. The number of fused-ring (bicyclic) bond motifs is 2. The molecule has 126 valence electrons. The van der Waals surface area contributed by atoms with Crippen LogP contribution in [-0.2, 0) is 0 Å². The molecule has 2 amide bonds. The van der Waals surface area contributed by atoms with E-state index in [4.69, 9.17) is 0 Å². The Balaban J connectivity index is 1.58. The Hall–Kier alpha value is -1.55.